The summed E-state index contributed by atoms with van der Waals surface area (Å²) in [6, 6.07) is 10.7. The molecule has 1 aromatic heterocycles. The van der Waals surface area contributed by atoms with E-state index in [2.05, 4.69) is 21.1 Å². The van der Waals surface area contributed by atoms with E-state index in [-0.39, 0.29) is 11.7 Å². The molecule has 0 saturated carbocycles. The summed E-state index contributed by atoms with van der Waals surface area (Å²) >= 11 is 0. The van der Waals surface area contributed by atoms with Crippen molar-refractivity contribution in [1.82, 2.24) is 10.5 Å². The molecule has 2 aromatic carbocycles. The molecule has 184 valence electrons. The standard InChI is InChI=1S/C25H27FN4O5/c1-14(2)11-21(24(32)34-4)29-23(31)22-13-20(30-35-22)19-12-18(8-5-15(19)3)28-25(33)27-17-9-6-16(26)7-10-17/h5-10,12-14,21H,11H2,1-4H3,(H,29,31)(H2,27,28,33). The highest BCUT2D eigenvalue weighted by Gasteiger charge is 2.25. The summed E-state index contributed by atoms with van der Waals surface area (Å²) in [4.78, 5) is 37.0. The van der Waals surface area contributed by atoms with Crippen molar-refractivity contribution in [2.24, 2.45) is 5.92 Å². The van der Waals surface area contributed by atoms with E-state index >= 15 is 0 Å². The van der Waals surface area contributed by atoms with Gasteiger partial charge in [-0.05, 0) is 61.2 Å². The summed E-state index contributed by atoms with van der Waals surface area (Å²) in [5, 5.41) is 11.9. The van der Waals surface area contributed by atoms with Crippen LogP contribution in [0.5, 0.6) is 0 Å². The number of aryl methyl sites for hydroxylation is 1. The molecule has 35 heavy (non-hydrogen) atoms. The number of methoxy groups -OCH3 is 1. The molecule has 0 aliphatic heterocycles. The first-order valence-electron chi connectivity index (χ1n) is 11.0. The molecule has 0 spiro atoms. The number of carbonyl (C=O) groups is 3. The third-order valence-corrected chi connectivity index (χ3v) is 5.11. The van der Waals surface area contributed by atoms with Crippen LogP contribution in [0, 0.1) is 18.7 Å². The molecule has 10 heteroatoms. The molecule has 1 heterocycles. The fraction of sp³-hybridized carbons (Fsp3) is 0.280. The minimum atomic E-state index is -0.810. The second-order valence-electron chi connectivity index (χ2n) is 8.37. The van der Waals surface area contributed by atoms with Crippen molar-refractivity contribution in [2.75, 3.05) is 17.7 Å². The van der Waals surface area contributed by atoms with Crippen molar-refractivity contribution in [3.05, 3.63) is 65.7 Å². The van der Waals surface area contributed by atoms with Crippen molar-refractivity contribution < 1.29 is 28.0 Å². The average Bonchev–Trinajstić information content (AvgIpc) is 3.31. The van der Waals surface area contributed by atoms with E-state index in [1.807, 2.05) is 20.8 Å². The maximum Gasteiger partial charge on any atom is 0.328 e. The van der Waals surface area contributed by atoms with Gasteiger partial charge in [0.1, 0.15) is 17.6 Å². The Bertz CT molecular complexity index is 1210. The Hall–Kier alpha value is -4.21. The van der Waals surface area contributed by atoms with Crippen LogP contribution in [-0.4, -0.2) is 36.2 Å². The summed E-state index contributed by atoms with van der Waals surface area (Å²) in [5.74, 6) is -1.45. The summed E-state index contributed by atoms with van der Waals surface area (Å²) in [5.41, 5.74) is 2.77. The van der Waals surface area contributed by atoms with Gasteiger partial charge in [-0.15, -0.1) is 0 Å². The first-order chi connectivity index (χ1) is 16.7. The lowest BCUT2D eigenvalue weighted by atomic mass is 10.0. The number of rotatable bonds is 8. The molecular weight excluding hydrogens is 455 g/mol. The fourth-order valence-electron chi connectivity index (χ4n) is 3.37. The zero-order valence-electron chi connectivity index (χ0n) is 19.8. The molecule has 1 unspecified atom stereocenters. The molecule has 3 N–H and O–H groups in total. The third-order valence-electron chi connectivity index (χ3n) is 5.11. The number of amides is 3. The van der Waals surface area contributed by atoms with Crippen molar-refractivity contribution >= 4 is 29.3 Å². The normalized spacial score (nSPS) is 11.6. The topological polar surface area (TPSA) is 123 Å². The summed E-state index contributed by atoms with van der Waals surface area (Å²) in [6.45, 7) is 5.71. The highest BCUT2D eigenvalue weighted by Crippen LogP contribution is 2.27. The Morgan fingerprint density at radius 3 is 2.34 bits per heavy atom. The molecular formula is C25H27FN4O5. The van der Waals surface area contributed by atoms with Crippen molar-refractivity contribution in [2.45, 2.75) is 33.2 Å². The maximum atomic E-state index is 13.0. The van der Waals surface area contributed by atoms with Gasteiger partial charge >= 0.3 is 12.0 Å². The van der Waals surface area contributed by atoms with Crippen molar-refractivity contribution in [3.8, 4) is 11.3 Å². The first-order valence-corrected chi connectivity index (χ1v) is 11.0. The van der Waals surface area contributed by atoms with Gasteiger partial charge in [0.25, 0.3) is 5.91 Å². The van der Waals surface area contributed by atoms with E-state index in [4.69, 9.17) is 9.26 Å². The number of ether oxygens (including phenoxy) is 1. The molecule has 3 amide bonds. The average molecular weight is 483 g/mol. The lowest BCUT2D eigenvalue weighted by molar-refractivity contribution is -0.143. The number of aromatic nitrogens is 1. The molecule has 0 radical (unpaired) electrons. The van der Waals surface area contributed by atoms with Gasteiger partial charge in [0.2, 0.25) is 5.76 Å². The van der Waals surface area contributed by atoms with Gasteiger partial charge < -0.3 is 25.2 Å². The number of hydrogen-bond acceptors (Lipinski definition) is 6. The number of hydrogen-bond donors (Lipinski definition) is 3. The number of urea groups is 1. The SMILES string of the molecule is COC(=O)C(CC(C)C)NC(=O)c1cc(-c2cc(NC(=O)Nc3ccc(F)cc3)ccc2C)no1. The second-order valence-corrected chi connectivity index (χ2v) is 8.37. The Balaban J connectivity index is 1.72. The Kier molecular flexibility index (Phi) is 8.19. The number of nitrogens with zero attached hydrogens (tertiary/aromatic N) is 1. The van der Waals surface area contributed by atoms with Crippen molar-refractivity contribution in [1.29, 1.82) is 0 Å². The molecule has 0 aliphatic carbocycles. The number of anilines is 2. The summed E-state index contributed by atoms with van der Waals surface area (Å²) in [6.07, 6.45) is 0.409. The monoisotopic (exact) mass is 482 g/mol. The highest BCUT2D eigenvalue weighted by molar-refractivity contribution is 6.00. The van der Waals surface area contributed by atoms with Gasteiger partial charge in [-0.3, -0.25) is 4.79 Å². The quantitative estimate of drug-likeness (QED) is 0.398. The molecule has 3 rings (SSSR count). The van der Waals surface area contributed by atoms with Gasteiger partial charge in [0.05, 0.1) is 7.11 Å². The summed E-state index contributed by atoms with van der Waals surface area (Å²) in [7, 11) is 1.26. The van der Waals surface area contributed by atoms with E-state index in [1.54, 1.807) is 18.2 Å². The molecule has 0 bridgehead atoms. The highest BCUT2D eigenvalue weighted by atomic mass is 19.1. The van der Waals surface area contributed by atoms with Crippen LogP contribution in [0.15, 0.2) is 53.1 Å². The van der Waals surface area contributed by atoms with Crippen LogP contribution in [0.25, 0.3) is 11.3 Å². The number of halogens is 1. The van der Waals surface area contributed by atoms with E-state index in [1.165, 1.54) is 37.4 Å². The van der Waals surface area contributed by atoms with Crippen LogP contribution in [0.4, 0.5) is 20.6 Å². The Morgan fingerprint density at radius 1 is 1.03 bits per heavy atom. The molecule has 1 atom stereocenters. The summed E-state index contributed by atoms with van der Waals surface area (Å²) < 4.78 is 23.0. The predicted octanol–water partition coefficient (Wildman–Crippen LogP) is 4.75. The lowest BCUT2D eigenvalue weighted by Gasteiger charge is -2.17. The van der Waals surface area contributed by atoms with E-state index in [0.29, 0.717) is 29.1 Å². The lowest BCUT2D eigenvalue weighted by Crippen LogP contribution is -2.42. The number of esters is 1. The molecule has 0 aliphatic rings. The minimum Gasteiger partial charge on any atom is -0.467 e. The van der Waals surface area contributed by atoms with E-state index < -0.39 is 29.8 Å². The molecule has 3 aromatic rings. The predicted molar refractivity (Wildman–Crippen MR) is 128 cm³/mol. The number of carbonyl (C=O) groups excluding carboxylic acids is 3. The Labute approximate surface area is 202 Å². The van der Waals surface area contributed by atoms with Gasteiger partial charge in [-0.25, -0.2) is 14.0 Å². The van der Waals surface area contributed by atoms with Crippen LogP contribution in [0.2, 0.25) is 0 Å². The van der Waals surface area contributed by atoms with E-state index in [0.717, 1.165) is 5.56 Å². The maximum absolute atomic E-state index is 13.0. The van der Waals surface area contributed by atoms with Gasteiger partial charge in [0.15, 0.2) is 0 Å². The van der Waals surface area contributed by atoms with E-state index in [9.17, 15) is 18.8 Å². The fourth-order valence-corrected chi connectivity index (χ4v) is 3.37. The van der Waals surface area contributed by atoms with Gasteiger partial charge in [-0.2, -0.15) is 0 Å². The third kappa shape index (κ3) is 6.89. The van der Waals surface area contributed by atoms with Gasteiger partial charge in [0, 0.05) is 23.0 Å². The smallest absolute Gasteiger partial charge is 0.328 e. The molecule has 0 fully saturated rings. The largest absolute Gasteiger partial charge is 0.467 e. The van der Waals surface area contributed by atoms with Crippen LogP contribution in [-0.2, 0) is 9.53 Å². The Morgan fingerprint density at radius 2 is 1.69 bits per heavy atom. The van der Waals surface area contributed by atoms with Crippen LogP contribution in [0.3, 0.4) is 0 Å². The molecule has 9 nitrogen and oxygen atoms in total. The second kappa shape index (κ2) is 11.3. The first kappa shape index (κ1) is 25.4. The number of benzene rings is 2. The van der Waals surface area contributed by atoms with Gasteiger partial charge in [-0.1, -0.05) is 25.1 Å². The molecule has 0 saturated heterocycles. The number of nitrogens with one attached hydrogen (secondary N) is 3. The zero-order chi connectivity index (χ0) is 25.5. The van der Waals surface area contributed by atoms with Crippen LogP contribution >= 0.6 is 0 Å². The zero-order valence-corrected chi connectivity index (χ0v) is 19.8. The van der Waals surface area contributed by atoms with Crippen molar-refractivity contribution in [3.63, 3.8) is 0 Å². The van der Waals surface area contributed by atoms with Crippen LogP contribution < -0.4 is 16.0 Å². The van der Waals surface area contributed by atoms with Crippen LogP contribution in [0.1, 0.15) is 36.4 Å². The minimum absolute atomic E-state index is 0.0653.